The molecule has 1 amide bonds. The number of aliphatic hydroxyl groups is 1. The van der Waals surface area contributed by atoms with E-state index in [1.54, 1.807) is 32.6 Å². The van der Waals surface area contributed by atoms with Gasteiger partial charge >= 0.3 is 291 Å². The van der Waals surface area contributed by atoms with Crippen molar-refractivity contribution in [1.82, 2.24) is 19.5 Å². The van der Waals surface area contributed by atoms with Crippen molar-refractivity contribution in [3.05, 3.63) is 112 Å². The number of ether oxygens (including phenoxy) is 4. The Hall–Kier alpha value is -4.52. The van der Waals surface area contributed by atoms with Crippen LogP contribution in [0, 0.1) is 5.92 Å². The van der Waals surface area contributed by atoms with Gasteiger partial charge < -0.3 is 0 Å². The third kappa shape index (κ3) is 6.60. The number of hydrogen-bond acceptors (Lipinski definition) is 9. The van der Waals surface area contributed by atoms with E-state index in [1.807, 2.05) is 84.7 Å². The SMILES string of the molecule is COc1ccc(C(OC[C@H]2O[C@@H](n3cnc4c(=O)[nH]c(NC(=O)C(C)C)nc43)[C@H]([Se]C)[C@@H]2O)(c2ccccc2)c2ccc(OC)cc2)cc1. The molecule has 0 spiro atoms. The van der Waals surface area contributed by atoms with Gasteiger partial charge in [0.2, 0.25) is 0 Å². The van der Waals surface area contributed by atoms with E-state index in [9.17, 15) is 14.7 Å². The number of hydrogen-bond donors (Lipinski definition) is 3. The minimum atomic E-state index is -1.10. The normalized spacial score (nSPS) is 19.3. The predicted octanol–water partition coefficient (Wildman–Crippen LogP) is 4.54. The Morgan fingerprint density at radius 2 is 1.59 bits per heavy atom. The van der Waals surface area contributed by atoms with Crippen LogP contribution in [0.4, 0.5) is 5.95 Å². The van der Waals surface area contributed by atoms with Crippen molar-refractivity contribution < 1.29 is 28.8 Å². The first-order valence-electron chi connectivity index (χ1n) is 15.8. The number of rotatable bonds is 12. The van der Waals surface area contributed by atoms with E-state index in [4.69, 9.17) is 18.9 Å². The fourth-order valence-corrected chi connectivity index (χ4v) is 7.90. The number of carbonyl (C=O) groups excluding carboxylic acids is 1. The molecule has 13 heteroatoms. The van der Waals surface area contributed by atoms with E-state index in [0.717, 1.165) is 16.7 Å². The van der Waals surface area contributed by atoms with Crippen molar-refractivity contribution in [2.24, 2.45) is 5.92 Å². The average Bonchev–Trinajstić information content (AvgIpc) is 3.69. The number of aromatic nitrogens is 4. The Morgan fingerprint density at radius 1 is 1.00 bits per heavy atom. The predicted molar refractivity (Wildman–Crippen MR) is 185 cm³/mol. The van der Waals surface area contributed by atoms with Gasteiger partial charge in [-0.3, -0.25) is 0 Å². The van der Waals surface area contributed by atoms with Crippen LogP contribution in [0.1, 0.15) is 36.8 Å². The van der Waals surface area contributed by atoms with Crippen LogP contribution in [0.15, 0.2) is 90.0 Å². The van der Waals surface area contributed by atoms with Crippen LogP contribution in [0.2, 0.25) is 10.6 Å². The van der Waals surface area contributed by atoms with Gasteiger partial charge in [-0.15, -0.1) is 0 Å². The molecule has 256 valence electrons. The number of nitrogens with one attached hydrogen (secondary N) is 2. The van der Waals surface area contributed by atoms with Gasteiger partial charge in [0.05, 0.1) is 0 Å². The average molecular weight is 733 g/mol. The molecule has 0 aliphatic carbocycles. The number of benzene rings is 3. The number of nitrogens with zero attached hydrogens (tertiary/aromatic N) is 3. The number of imidazole rings is 1. The first-order valence-corrected chi connectivity index (χ1v) is 18.5. The van der Waals surface area contributed by atoms with E-state index >= 15 is 0 Å². The van der Waals surface area contributed by atoms with Crippen LogP contribution < -0.4 is 20.3 Å². The van der Waals surface area contributed by atoms with Crippen molar-refractivity contribution in [2.75, 3.05) is 26.1 Å². The van der Waals surface area contributed by atoms with Crippen molar-refractivity contribution in [1.29, 1.82) is 0 Å². The molecule has 3 N–H and O–H groups in total. The standard InChI is InChI=1S/C36H39N5O7Se/c1-21(2)32(43)39-35-38-31-28(33(44)40-35)37-20-41(31)34-30(49-5)29(42)27(48-34)19-47-36(22-9-7-6-8-10-22,23-11-15-25(45-3)16-12-23)24-13-17-26(46-4)18-14-24/h6-18,20-21,27,29-30,34,42H,19H2,1-5H3,(H2,38,39,40,43,44)/t27-,29-,30-,34-/m1/s1. The molecule has 1 aliphatic heterocycles. The van der Waals surface area contributed by atoms with Gasteiger partial charge in [-0.25, -0.2) is 0 Å². The van der Waals surface area contributed by atoms with Crippen LogP contribution in [-0.4, -0.2) is 78.5 Å². The topological polar surface area (TPSA) is 150 Å². The van der Waals surface area contributed by atoms with E-state index in [-0.39, 0.29) is 55.3 Å². The first kappa shape index (κ1) is 34.3. The molecule has 3 heterocycles. The molecule has 3 aromatic carbocycles. The van der Waals surface area contributed by atoms with Crippen LogP contribution in [0.5, 0.6) is 11.5 Å². The molecule has 5 aromatic rings. The number of methoxy groups -OCH3 is 2. The van der Waals surface area contributed by atoms with E-state index in [0.29, 0.717) is 11.5 Å². The van der Waals surface area contributed by atoms with Gasteiger partial charge in [0.1, 0.15) is 0 Å². The van der Waals surface area contributed by atoms with Crippen molar-refractivity contribution in [3.63, 3.8) is 0 Å². The molecule has 2 aromatic heterocycles. The van der Waals surface area contributed by atoms with Crippen molar-refractivity contribution in [3.8, 4) is 11.5 Å². The Kier molecular flexibility index (Phi) is 10.2. The maximum atomic E-state index is 12.9. The van der Waals surface area contributed by atoms with Gasteiger partial charge in [-0.1, -0.05) is 0 Å². The van der Waals surface area contributed by atoms with Crippen LogP contribution in [0.3, 0.4) is 0 Å². The molecular formula is C36H39N5O7Se. The van der Waals surface area contributed by atoms with Gasteiger partial charge in [0.15, 0.2) is 0 Å². The summed E-state index contributed by atoms with van der Waals surface area (Å²) in [7, 11) is 3.25. The second-order valence-corrected chi connectivity index (χ2v) is 14.1. The Labute approximate surface area is 290 Å². The molecule has 6 rings (SSSR count). The zero-order chi connectivity index (χ0) is 34.7. The quantitative estimate of drug-likeness (QED) is 0.124. The Balaban J connectivity index is 1.38. The summed E-state index contributed by atoms with van der Waals surface area (Å²) in [4.78, 5) is 36.4. The van der Waals surface area contributed by atoms with Crippen LogP contribution in [-0.2, 0) is 19.9 Å². The van der Waals surface area contributed by atoms with Crippen LogP contribution >= 0.6 is 0 Å². The molecule has 49 heavy (non-hydrogen) atoms. The number of fused-ring (bicyclic) bond motifs is 1. The molecule has 0 radical (unpaired) electrons. The fourth-order valence-electron chi connectivity index (χ4n) is 6.05. The number of amides is 1. The van der Waals surface area contributed by atoms with Crippen molar-refractivity contribution in [2.45, 2.75) is 48.5 Å². The third-order valence-corrected chi connectivity index (χ3v) is 10.9. The zero-order valence-corrected chi connectivity index (χ0v) is 29.5. The zero-order valence-electron chi connectivity index (χ0n) is 27.8. The molecule has 0 saturated carbocycles. The Bertz CT molecular complexity index is 1900. The summed E-state index contributed by atoms with van der Waals surface area (Å²) in [6.45, 7) is 3.51. The summed E-state index contributed by atoms with van der Waals surface area (Å²) >= 11 is -0.0895. The molecule has 1 fully saturated rings. The number of aliphatic hydroxyl groups excluding tert-OH is 1. The number of anilines is 1. The maximum absolute atomic E-state index is 12.9. The fraction of sp³-hybridized carbons (Fsp3) is 0.333. The molecule has 1 aliphatic rings. The second-order valence-electron chi connectivity index (χ2n) is 12.0. The summed E-state index contributed by atoms with van der Waals surface area (Å²) in [5, 5.41) is 14.4. The summed E-state index contributed by atoms with van der Waals surface area (Å²) in [5.41, 5.74) is 1.33. The summed E-state index contributed by atoms with van der Waals surface area (Å²) in [5.74, 6) is 2.85. The molecular weight excluding hydrogens is 693 g/mol. The van der Waals surface area contributed by atoms with E-state index in [2.05, 4.69) is 20.3 Å². The Morgan fingerprint density at radius 3 is 2.14 bits per heavy atom. The molecule has 4 atom stereocenters. The first-order chi connectivity index (χ1) is 23.7. The molecule has 1 saturated heterocycles. The third-order valence-electron chi connectivity index (χ3n) is 8.69. The van der Waals surface area contributed by atoms with Crippen LogP contribution in [0.25, 0.3) is 11.2 Å². The van der Waals surface area contributed by atoms with E-state index < -0.39 is 29.6 Å². The van der Waals surface area contributed by atoms with Gasteiger partial charge in [0.25, 0.3) is 0 Å². The minimum absolute atomic E-state index is 0.0153. The summed E-state index contributed by atoms with van der Waals surface area (Å²) < 4.78 is 26.2. The van der Waals surface area contributed by atoms with E-state index in [1.165, 1.54) is 6.33 Å². The molecule has 0 unspecified atom stereocenters. The summed E-state index contributed by atoms with van der Waals surface area (Å²) in [6, 6.07) is 25.4. The monoisotopic (exact) mass is 733 g/mol. The van der Waals surface area contributed by atoms with Crippen molar-refractivity contribution >= 4 is 38.0 Å². The number of carbonyl (C=O) groups is 1. The van der Waals surface area contributed by atoms with Gasteiger partial charge in [-0.2, -0.15) is 0 Å². The second kappa shape index (κ2) is 14.5. The number of aromatic amines is 1. The summed E-state index contributed by atoms with van der Waals surface area (Å²) in [6.07, 6.45) is -0.830. The van der Waals surface area contributed by atoms with Gasteiger partial charge in [0, 0.05) is 0 Å². The number of H-pyrrole nitrogens is 1. The molecule has 0 bridgehead atoms. The van der Waals surface area contributed by atoms with Gasteiger partial charge in [-0.05, 0) is 0 Å². The molecule has 12 nitrogen and oxygen atoms in total.